The lowest BCUT2D eigenvalue weighted by atomic mass is 10.1. The SMILES string of the molecule is O=S(=O)(ONc1nc(Nc2ccccc2)nc(N2CCOCC2)n1)c1ccccc1C=Cc1ccccc1S(=O)(=O)ONc1nc(Nc2ccccc2)nc(N2CCOCC2)n1. The molecule has 2 aromatic heterocycles. The number of rotatable bonds is 16. The number of ether oxygens (including phenoxy) is 2. The van der Waals surface area contributed by atoms with Crippen LogP contribution in [-0.2, 0) is 38.3 Å². The molecule has 2 saturated heterocycles. The number of nitrogens with zero attached hydrogens (tertiary/aromatic N) is 8. The van der Waals surface area contributed by atoms with Crippen molar-refractivity contribution in [1.82, 2.24) is 29.9 Å². The van der Waals surface area contributed by atoms with Crippen molar-refractivity contribution in [2.75, 3.05) is 84.0 Å². The zero-order chi connectivity index (χ0) is 42.8. The second-order valence-corrected chi connectivity index (χ2v) is 16.5. The molecule has 8 rings (SSSR count). The van der Waals surface area contributed by atoms with Crippen molar-refractivity contribution in [2.24, 2.45) is 0 Å². The number of hydrogen-bond acceptors (Lipinski definition) is 20. The first kappa shape index (κ1) is 41.9. The monoisotopic (exact) mass is 880 g/mol. The van der Waals surface area contributed by atoms with Gasteiger partial charge in [0.1, 0.15) is 9.79 Å². The molecular formula is C40H40N12O8S2. The fourth-order valence-electron chi connectivity index (χ4n) is 6.19. The zero-order valence-corrected chi connectivity index (χ0v) is 34.5. The Labute approximate surface area is 357 Å². The Morgan fingerprint density at radius 3 is 1.23 bits per heavy atom. The molecule has 4 N–H and O–H groups in total. The van der Waals surface area contributed by atoms with Crippen LogP contribution in [0.25, 0.3) is 12.2 Å². The highest BCUT2D eigenvalue weighted by molar-refractivity contribution is 7.87. The Kier molecular flexibility index (Phi) is 13.0. The van der Waals surface area contributed by atoms with Gasteiger partial charge in [0.25, 0.3) is 11.9 Å². The molecule has 0 spiro atoms. The van der Waals surface area contributed by atoms with E-state index in [2.05, 4.69) is 51.5 Å². The van der Waals surface area contributed by atoms with Crippen LogP contribution in [0, 0.1) is 0 Å². The molecule has 4 aromatic carbocycles. The van der Waals surface area contributed by atoms with Crippen LogP contribution in [0.5, 0.6) is 0 Å². The minimum absolute atomic E-state index is 0.156. The molecule has 6 aromatic rings. The largest absolute Gasteiger partial charge is 0.378 e. The maximum Gasteiger partial charge on any atom is 0.318 e. The van der Waals surface area contributed by atoms with Gasteiger partial charge in [-0.1, -0.05) is 84.9 Å². The predicted octanol–water partition coefficient (Wildman–Crippen LogP) is 4.85. The van der Waals surface area contributed by atoms with E-state index in [1.165, 1.54) is 48.6 Å². The van der Waals surface area contributed by atoms with Crippen LogP contribution in [0.15, 0.2) is 119 Å². The van der Waals surface area contributed by atoms with Crippen molar-refractivity contribution >= 4 is 79.5 Å². The number of aromatic nitrogens is 6. The molecule has 0 atom stereocenters. The van der Waals surface area contributed by atoms with Crippen molar-refractivity contribution < 1.29 is 34.9 Å². The van der Waals surface area contributed by atoms with Gasteiger partial charge < -0.3 is 29.9 Å². The van der Waals surface area contributed by atoms with Gasteiger partial charge in [-0.3, -0.25) is 0 Å². The number of anilines is 8. The summed E-state index contributed by atoms with van der Waals surface area (Å²) in [5.41, 5.74) is 6.56. The zero-order valence-electron chi connectivity index (χ0n) is 32.9. The van der Waals surface area contributed by atoms with E-state index in [1.807, 2.05) is 70.5 Å². The third-order valence-electron chi connectivity index (χ3n) is 9.20. The normalized spacial score (nSPS) is 14.7. The first-order valence-electron chi connectivity index (χ1n) is 19.3. The summed E-state index contributed by atoms with van der Waals surface area (Å²) in [7, 11) is -9.04. The standard InChI is InChI=1S/C40H40N12O8S2/c53-61(54,59-49-37-43-35(41-31-13-3-1-4-14-31)45-39(47-37)51-21-25-57-26-22-51)33-17-9-7-11-29(33)19-20-30-12-8-10-18-34(30)62(55,56)60-50-38-44-36(42-32-15-5-2-6-16-32)46-40(48-38)52-23-27-58-28-24-52/h1-20H,21-28H2,(H2,41,43,45,47,49)(H2,42,44,46,48,50). The van der Waals surface area contributed by atoms with Crippen LogP contribution < -0.4 is 31.4 Å². The van der Waals surface area contributed by atoms with Crippen LogP contribution in [0.3, 0.4) is 0 Å². The van der Waals surface area contributed by atoms with Gasteiger partial charge in [0, 0.05) is 37.6 Å². The molecule has 22 heteroatoms. The highest BCUT2D eigenvalue weighted by atomic mass is 32.2. The van der Waals surface area contributed by atoms with Gasteiger partial charge in [-0.2, -0.15) is 46.7 Å². The molecule has 0 aliphatic carbocycles. The highest BCUT2D eigenvalue weighted by Gasteiger charge is 2.24. The first-order valence-corrected chi connectivity index (χ1v) is 22.1. The molecular weight excluding hydrogens is 841 g/mol. The molecule has 20 nitrogen and oxygen atoms in total. The number of para-hydroxylation sites is 2. The van der Waals surface area contributed by atoms with Gasteiger partial charge in [-0.05, 0) is 47.5 Å². The Morgan fingerprint density at radius 2 is 0.823 bits per heavy atom. The minimum Gasteiger partial charge on any atom is -0.378 e. The third kappa shape index (κ3) is 10.7. The maximum absolute atomic E-state index is 13.7. The van der Waals surface area contributed by atoms with E-state index in [4.69, 9.17) is 18.0 Å². The van der Waals surface area contributed by atoms with Gasteiger partial charge >= 0.3 is 20.2 Å². The summed E-state index contributed by atoms with van der Waals surface area (Å²) in [6.45, 7) is 3.94. The van der Waals surface area contributed by atoms with Crippen molar-refractivity contribution in [3.8, 4) is 0 Å². The second-order valence-electron chi connectivity index (χ2n) is 13.4. The summed E-state index contributed by atoms with van der Waals surface area (Å²) in [5.74, 6) is 0.561. The second kappa shape index (κ2) is 19.3. The highest BCUT2D eigenvalue weighted by Crippen LogP contribution is 2.26. The van der Waals surface area contributed by atoms with Crippen LogP contribution in [0.4, 0.5) is 47.1 Å². The Bertz CT molecular complexity index is 2540. The van der Waals surface area contributed by atoms with E-state index in [0.29, 0.717) is 64.0 Å². The molecule has 0 bridgehead atoms. The lowest BCUT2D eigenvalue weighted by Gasteiger charge is -2.27. The number of hydrogen-bond donors (Lipinski definition) is 4. The average Bonchev–Trinajstić information content (AvgIpc) is 3.31. The summed E-state index contributed by atoms with van der Waals surface area (Å²) in [6.07, 6.45) is 2.89. The summed E-state index contributed by atoms with van der Waals surface area (Å²) >= 11 is 0. The lowest BCUT2D eigenvalue weighted by Crippen LogP contribution is -2.37. The van der Waals surface area contributed by atoms with E-state index >= 15 is 0 Å². The van der Waals surface area contributed by atoms with Crippen molar-refractivity contribution in [3.05, 3.63) is 120 Å². The van der Waals surface area contributed by atoms with E-state index in [1.54, 1.807) is 12.1 Å². The average molecular weight is 881 g/mol. The Hall–Kier alpha value is -6.82. The van der Waals surface area contributed by atoms with E-state index in [9.17, 15) is 16.8 Å². The van der Waals surface area contributed by atoms with Crippen LogP contribution in [0.1, 0.15) is 11.1 Å². The van der Waals surface area contributed by atoms with E-state index < -0.39 is 20.2 Å². The van der Waals surface area contributed by atoms with Crippen molar-refractivity contribution in [1.29, 1.82) is 0 Å². The predicted molar refractivity (Wildman–Crippen MR) is 231 cm³/mol. The smallest absolute Gasteiger partial charge is 0.318 e. The summed E-state index contributed by atoms with van der Waals surface area (Å²) in [4.78, 5) is 29.8. The van der Waals surface area contributed by atoms with Gasteiger partial charge in [0.15, 0.2) is 0 Å². The Morgan fingerprint density at radius 1 is 0.468 bits per heavy atom. The quantitative estimate of drug-likeness (QED) is 0.0751. The van der Waals surface area contributed by atoms with Gasteiger partial charge in [0.05, 0.1) is 26.4 Å². The Balaban J connectivity index is 0.994. The minimum atomic E-state index is -4.52. The van der Waals surface area contributed by atoms with Gasteiger partial charge in [-0.15, -0.1) is 8.57 Å². The van der Waals surface area contributed by atoms with Crippen LogP contribution >= 0.6 is 0 Å². The van der Waals surface area contributed by atoms with Crippen LogP contribution in [0.2, 0.25) is 0 Å². The summed E-state index contributed by atoms with van der Waals surface area (Å²) in [5, 5.41) is 6.21. The fourth-order valence-corrected chi connectivity index (χ4v) is 8.08. The van der Waals surface area contributed by atoms with Crippen LogP contribution in [-0.4, -0.2) is 99.3 Å². The summed E-state index contributed by atoms with van der Waals surface area (Å²) in [6, 6.07) is 30.5. The fraction of sp³-hybridized carbons (Fsp3) is 0.200. The molecule has 2 fully saturated rings. The molecule has 0 saturated carbocycles. The van der Waals surface area contributed by atoms with Crippen molar-refractivity contribution in [3.63, 3.8) is 0 Å². The molecule has 0 amide bonds. The molecule has 4 heterocycles. The van der Waals surface area contributed by atoms with Gasteiger partial charge in [-0.25, -0.2) is 11.0 Å². The van der Waals surface area contributed by atoms with Crippen molar-refractivity contribution in [2.45, 2.75) is 9.79 Å². The molecule has 0 unspecified atom stereocenters. The topological polar surface area (TPSA) is 237 Å². The number of morpholine rings is 2. The number of nitrogens with one attached hydrogen (secondary N) is 4. The van der Waals surface area contributed by atoms with E-state index in [-0.39, 0.29) is 56.6 Å². The lowest BCUT2D eigenvalue weighted by molar-refractivity contribution is 0.122. The third-order valence-corrected chi connectivity index (χ3v) is 11.6. The first-order chi connectivity index (χ1) is 30.2. The number of benzene rings is 4. The molecule has 2 aliphatic heterocycles. The molecule has 0 radical (unpaired) electrons. The summed E-state index contributed by atoms with van der Waals surface area (Å²) < 4.78 is 76.4. The molecule has 62 heavy (non-hydrogen) atoms. The van der Waals surface area contributed by atoms with Gasteiger partial charge in [0.2, 0.25) is 23.8 Å². The van der Waals surface area contributed by atoms with E-state index in [0.717, 1.165) is 0 Å². The maximum atomic E-state index is 13.7. The molecule has 320 valence electrons. The molecule has 2 aliphatic rings.